The van der Waals surface area contributed by atoms with E-state index in [0.29, 0.717) is 11.8 Å². The highest BCUT2D eigenvalue weighted by Gasteiger charge is 2.32. The molecule has 7 heteroatoms. The van der Waals surface area contributed by atoms with Crippen LogP contribution in [0.4, 0.5) is 10.5 Å². The van der Waals surface area contributed by atoms with E-state index in [2.05, 4.69) is 4.90 Å². The van der Waals surface area contributed by atoms with Crippen LogP contribution in [0, 0.1) is 11.8 Å². The molecule has 0 bridgehead atoms. The van der Waals surface area contributed by atoms with Gasteiger partial charge in [0.25, 0.3) is 0 Å². The fourth-order valence-corrected chi connectivity index (χ4v) is 5.41. The van der Waals surface area contributed by atoms with E-state index in [1.807, 2.05) is 49.9 Å². The highest BCUT2D eigenvalue weighted by Crippen LogP contribution is 2.34. The van der Waals surface area contributed by atoms with Crippen molar-refractivity contribution in [3.8, 4) is 0 Å². The number of likely N-dealkylation sites (tertiary alicyclic amines) is 1. The number of hydrogen-bond acceptors (Lipinski definition) is 5. The molecule has 2 heterocycles. The molecule has 30 heavy (non-hydrogen) atoms. The topological polar surface area (TPSA) is 66.9 Å². The number of anilines is 1. The predicted octanol–water partition coefficient (Wildman–Crippen LogP) is 4.09. The summed E-state index contributed by atoms with van der Waals surface area (Å²) in [6.45, 7) is 9.37. The molecule has 2 aliphatic rings. The van der Waals surface area contributed by atoms with Crippen molar-refractivity contribution in [1.82, 2.24) is 4.90 Å². The van der Waals surface area contributed by atoms with Gasteiger partial charge >= 0.3 is 6.09 Å². The summed E-state index contributed by atoms with van der Waals surface area (Å²) in [6.07, 6.45) is 5.54. The molecule has 2 aliphatic heterocycles. The minimum Gasteiger partial charge on any atom is -0.444 e. The molecule has 0 N–H and O–H groups in total. The standard InChI is InChI=1S/C23H36N2O4S/c1-23(2,3)29-22(26)25-15-11-20(12-16-25)19-9-13-24(14-10-19)21-7-5-18(6-8-21)17-30(4,27)28/h5-8,19-20H,9-17H2,1-4H3. The number of carbonyl (C=O) groups excluding carboxylic acids is 1. The number of rotatable bonds is 4. The Labute approximate surface area is 181 Å². The summed E-state index contributed by atoms with van der Waals surface area (Å²) in [6, 6.07) is 7.93. The van der Waals surface area contributed by atoms with Gasteiger partial charge < -0.3 is 14.5 Å². The van der Waals surface area contributed by atoms with Crippen LogP contribution < -0.4 is 4.90 Å². The van der Waals surface area contributed by atoms with Gasteiger partial charge in [-0.05, 0) is 76.0 Å². The van der Waals surface area contributed by atoms with E-state index in [4.69, 9.17) is 4.74 Å². The second-order valence-corrected chi connectivity index (χ2v) is 12.0. The van der Waals surface area contributed by atoms with Gasteiger partial charge in [-0.3, -0.25) is 0 Å². The average molecular weight is 437 g/mol. The Hall–Kier alpha value is -1.76. The molecular formula is C23H36N2O4S. The molecule has 2 saturated heterocycles. The van der Waals surface area contributed by atoms with Crippen molar-refractivity contribution >= 4 is 21.6 Å². The fourth-order valence-electron chi connectivity index (χ4n) is 4.61. The first-order valence-corrected chi connectivity index (χ1v) is 13.1. The summed E-state index contributed by atoms with van der Waals surface area (Å²) in [4.78, 5) is 16.5. The molecule has 0 radical (unpaired) electrons. The van der Waals surface area contributed by atoms with Gasteiger partial charge in [0.15, 0.2) is 9.84 Å². The molecule has 0 atom stereocenters. The molecule has 0 saturated carbocycles. The summed E-state index contributed by atoms with van der Waals surface area (Å²) in [5, 5.41) is 0. The van der Waals surface area contributed by atoms with Gasteiger partial charge in [-0.2, -0.15) is 0 Å². The summed E-state index contributed by atoms with van der Waals surface area (Å²) in [7, 11) is -3.00. The summed E-state index contributed by atoms with van der Waals surface area (Å²) >= 11 is 0. The van der Waals surface area contributed by atoms with E-state index >= 15 is 0 Å². The molecule has 2 fully saturated rings. The lowest BCUT2D eigenvalue weighted by atomic mass is 9.79. The number of benzene rings is 1. The Morgan fingerprint density at radius 3 is 1.93 bits per heavy atom. The van der Waals surface area contributed by atoms with Crippen molar-refractivity contribution in [2.45, 2.75) is 57.8 Å². The van der Waals surface area contributed by atoms with Gasteiger partial charge in [0.2, 0.25) is 0 Å². The van der Waals surface area contributed by atoms with Gasteiger partial charge in [-0.15, -0.1) is 0 Å². The first kappa shape index (κ1) is 22.9. The molecule has 6 nitrogen and oxygen atoms in total. The van der Waals surface area contributed by atoms with E-state index in [0.717, 1.165) is 44.6 Å². The molecule has 0 unspecified atom stereocenters. The Morgan fingerprint density at radius 2 is 1.47 bits per heavy atom. The number of ether oxygens (including phenoxy) is 1. The van der Waals surface area contributed by atoms with Crippen molar-refractivity contribution in [3.05, 3.63) is 29.8 Å². The quantitative estimate of drug-likeness (QED) is 0.711. The van der Waals surface area contributed by atoms with Crippen LogP contribution in [0.1, 0.15) is 52.0 Å². The van der Waals surface area contributed by atoms with Crippen LogP contribution >= 0.6 is 0 Å². The van der Waals surface area contributed by atoms with Gasteiger partial charge in [0.1, 0.15) is 5.60 Å². The lowest BCUT2D eigenvalue weighted by molar-refractivity contribution is 0.0152. The third kappa shape index (κ3) is 6.62. The fraction of sp³-hybridized carbons (Fsp3) is 0.696. The monoisotopic (exact) mass is 436 g/mol. The van der Waals surface area contributed by atoms with Gasteiger partial charge in [-0.1, -0.05) is 12.1 Å². The van der Waals surface area contributed by atoms with Crippen LogP contribution in [0.2, 0.25) is 0 Å². The number of hydrogen-bond donors (Lipinski definition) is 0. The normalized spacial score (nSPS) is 19.7. The third-order valence-electron chi connectivity index (χ3n) is 6.13. The van der Waals surface area contributed by atoms with Crippen LogP contribution in [0.15, 0.2) is 24.3 Å². The maximum absolute atomic E-state index is 12.3. The Kier molecular flexibility index (Phi) is 7.00. The number of carbonyl (C=O) groups is 1. The van der Waals surface area contributed by atoms with Crippen molar-refractivity contribution in [3.63, 3.8) is 0 Å². The lowest BCUT2D eigenvalue weighted by Gasteiger charge is -2.41. The Bertz CT molecular complexity index is 814. The molecule has 3 rings (SSSR count). The van der Waals surface area contributed by atoms with Crippen molar-refractivity contribution in [2.75, 3.05) is 37.3 Å². The maximum Gasteiger partial charge on any atom is 0.410 e. The number of nitrogens with zero attached hydrogens (tertiary/aromatic N) is 2. The molecule has 0 aromatic heterocycles. The number of piperidine rings is 2. The largest absolute Gasteiger partial charge is 0.444 e. The minimum absolute atomic E-state index is 0.0946. The average Bonchev–Trinajstić information content (AvgIpc) is 2.66. The summed E-state index contributed by atoms with van der Waals surface area (Å²) < 4.78 is 28.4. The van der Waals surface area contributed by atoms with Crippen LogP contribution in [0.5, 0.6) is 0 Å². The molecule has 1 aromatic carbocycles. The second kappa shape index (κ2) is 9.16. The summed E-state index contributed by atoms with van der Waals surface area (Å²) in [5.41, 5.74) is 1.57. The zero-order valence-electron chi connectivity index (χ0n) is 18.8. The van der Waals surface area contributed by atoms with Crippen LogP contribution in [0.25, 0.3) is 0 Å². The van der Waals surface area contributed by atoms with Crippen molar-refractivity contribution in [2.24, 2.45) is 11.8 Å². The number of amides is 1. The smallest absolute Gasteiger partial charge is 0.410 e. The molecule has 0 spiro atoms. The van der Waals surface area contributed by atoms with E-state index in [-0.39, 0.29) is 11.8 Å². The number of sulfone groups is 1. The van der Waals surface area contributed by atoms with E-state index in [1.165, 1.54) is 24.8 Å². The SMILES string of the molecule is CC(C)(C)OC(=O)N1CCC(C2CCN(c3ccc(CS(C)(=O)=O)cc3)CC2)CC1. The van der Waals surface area contributed by atoms with Crippen LogP contribution in [0.3, 0.4) is 0 Å². The first-order chi connectivity index (χ1) is 14.0. The van der Waals surface area contributed by atoms with Crippen LogP contribution in [-0.2, 0) is 20.3 Å². The zero-order chi connectivity index (χ0) is 21.9. The first-order valence-electron chi connectivity index (χ1n) is 11.0. The lowest BCUT2D eigenvalue weighted by Crippen LogP contribution is -2.44. The highest BCUT2D eigenvalue weighted by molar-refractivity contribution is 7.89. The minimum atomic E-state index is -3.00. The van der Waals surface area contributed by atoms with Gasteiger partial charge in [0, 0.05) is 38.1 Å². The van der Waals surface area contributed by atoms with Gasteiger partial charge in [0.05, 0.1) is 5.75 Å². The van der Waals surface area contributed by atoms with Crippen LogP contribution in [-0.4, -0.2) is 57.4 Å². The van der Waals surface area contributed by atoms with E-state index < -0.39 is 15.4 Å². The molecular weight excluding hydrogens is 400 g/mol. The molecule has 1 amide bonds. The predicted molar refractivity (Wildman–Crippen MR) is 120 cm³/mol. The van der Waals surface area contributed by atoms with Gasteiger partial charge in [-0.25, -0.2) is 13.2 Å². The maximum atomic E-state index is 12.3. The highest BCUT2D eigenvalue weighted by atomic mass is 32.2. The van der Waals surface area contributed by atoms with E-state index in [9.17, 15) is 13.2 Å². The Balaban J connectivity index is 1.45. The molecule has 1 aromatic rings. The van der Waals surface area contributed by atoms with E-state index in [1.54, 1.807) is 0 Å². The summed E-state index contributed by atoms with van der Waals surface area (Å²) in [5.74, 6) is 1.49. The third-order valence-corrected chi connectivity index (χ3v) is 6.99. The van der Waals surface area contributed by atoms with Crippen molar-refractivity contribution < 1.29 is 17.9 Å². The van der Waals surface area contributed by atoms with Crippen molar-refractivity contribution in [1.29, 1.82) is 0 Å². The zero-order valence-corrected chi connectivity index (χ0v) is 19.6. The molecule has 0 aliphatic carbocycles. The Morgan fingerprint density at radius 1 is 0.967 bits per heavy atom. The molecule has 168 valence electrons. The second-order valence-electron chi connectivity index (χ2n) is 9.87.